The highest BCUT2D eigenvalue weighted by atomic mass is 35.5. The van der Waals surface area contributed by atoms with Crippen molar-refractivity contribution in [3.63, 3.8) is 0 Å². The molecule has 2 aromatic carbocycles. The number of hydrogen-bond acceptors (Lipinski definition) is 2. The van der Waals surface area contributed by atoms with Gasteiger partial charge in [-0.2, -0.15) is 0 Å². The fourth-order valence-corrected chi connectivity index (χ4v) is 6.87. The van der Waals surface area contributed by atoms with Crippen molar-refractivity contribution >= 4 is 23.5 Å². The molecule has 174 valence electrons. The van der Waals surface area contributed by atoms with Crippen LogP contribution in [0.25, 0.3) is 0 Å². The number of carboxylic acid groups (broad SMARTS) is 1. The van der Waals surface area contributed by atoms with E-state index in [-0.39, 0.29) is 29.2 Å². The van der Waals surface area contributed by atoms with Crippen molar-refractivity contribution in [3.05, 3.63) is 69.7 Å². The molecule has 3 aliphatic rings. The Morgan fingerprint density at radius 1 is 1.03 bits per heavy atom. The molecule has 2 atom stereocenters. The number of benzene rings is 2. The lowest BCUT2D eigenvalue weighted by atomic mass is 9.63. The van der Waals surface area contributed by atoms with Crippen LogP contribution < -0.4 is 0 Å². The Kier molecular flexibility index (Phi) is 5.98. The summed E-state index contributed by atoms with van der Waals surface area (Å²) < 4.78 is 0. The summed E-state index contributed by atoms with van der Waals surface area (Å²) in [5.74, 6) is -0.798. The van der Waals surface area contributed by atoms with Gasteiger partial charge < -0.3 is 10.0 Å². The minimum absolute atomic E-state index is 0.0358. The molecule has 1 saturated carbocycles. The number of amides is 1. The molecule has 0 bridgehead atoms. The quantitative estimate of drug-likeness (QED) is 0.642. The van der Waals surface area contributed by atoms with Gasteiger partial charge in [-0.25, -0.2) is 0 Å². The third kappa shape index (κ3) is 4.07. The van der Waals surface area contributed by atoms with Crippen LogP contribution in [0.5, 0.6) is 0 Å². The fraction of sp³-hybridized carbons (Fsp3) is 0.500. The summed E-state index contributed by atoms with van der Waals surface area (Å²) in [7, 11) is 0. The number of carbonyl (C=O) groups excluding carboxylic acids is 1. The predicted molar refractivity (Wildman–Crippen MR) is 130 cm³/mol. The molecule has 4 nitrogen and oxygen atoms in total. The molecule has 1 saturated heterocycles. The van der Waals surface area contributed by atoms with Crippen LogP contribution in [0.4, 0.5) is 0 Å². The minimum atomic E-state index is -0.719. The van der Waals surface area contributed by atoms with Crippen molar-refractivity contribution in [2.45, 2.75) is 69.7 Å². The Morgan fingerprint density at radius 2 is 1.73 bits per heavy atom. The molecule has 5 rings (SSSR count). The number of aryl methyl sites for hydroxylation is 2. The van der Waals surface area contributed by atoms with Crippen molar-refractivity contribution in [1.29, 1.82) is 0 Å². The Morgan fingerprint density at radius 3 is 2.42 bits per heavy atom. The number of carboxylic acids is 1. The second kappa shape index (κ2) is 8.79. The van der Waals surface area contributed by atoms with E-state index in [0.717, 1.165) is 37.3 Å². The number of rotatable bonds is 4. The Hall–Kier alpha value is -2.33. The second-order valence-electron chi connectivity index (χ2n) is 10.3. The van der Waals surface area contributed by atoms with Gasteiger partial charge in [0.05, 0.1) is 5.92 Å². The summed E-state index contributed by atoms with van der Waals surface area (Å²) in [5.41, 5.74) is 5.30. The summed E-state index contributed by atoms with van der Waals surface area (Å²) in [6.07, 6.45) is 6.47. The normalized spacial score (nSPS) is 28.8. The van der Waals surface area contributed by atoms with Gasteiger partial charge in [0.15, 0.2) is 0 Å². The van der Waals surface area contributed by atoms with E-state index in [4.69, 9.17) is 11.6 Å². The van der Waals surface area contributed by atoms with Crippen molar-refractivity contribution in [2.24, 2.45) is 11.8 Å². The lowest BCUT2D eigenvalue weighted by Gasteiger charge is -2.44. The molecule has 0 radical (unpaired) electrons. The van der Waals surface area contributed by atoms with Crippen LogP contribution in [0.15, 0.2) is 42.5 Å². The smallest absolute Gasteiger partial charge is 0.306 e. The Labute approximate surface area is 200 Å². The molecule has 2 unspecified atom stereocenters. The highest BCUT2D eigenvalue weighted by Crippen LogP contribution is 2.50. The van der Waals surface area contributed by atoms with Crippen LogP contribution in [-0.2, 0) is 27.8 Å². The first-order valence-electron chi connectivity index (χ1n) is 12.2. The first-order valence-corrected chi connectivity index (χ1v) is 12.6. The molecule has 0 spiro atoms. The number of nitrogens with zero attached hydrogens (tertiary/aromatic N) is 1. The number of aliphatic carboxylic acids is 1. The van der Waals surface area contributed by atoms with Gasteiger partial charge in [0, 0.05) is 28.9 Å². The van der Waals surface area contributed by atoms with E-state index in [9.17, 15) is 14.7 Å². The van der Waals surface area contributed by atoms with E-state index in [1.165, 1.54) is 22.3 Å². The molecular weight excluding hydrogens is 434 g/mol. The lowest BCUT2D eigenvalue weighted by Crippen LogP contribution is -2.50. The number of hydrogen-bond donors (Lipinski definition) is 1. The molecule has 2 aromatic rings. The average molecular weight is 466 g/mol. The van der Waals surface area contributed by atoms with Gasteiger partial charge in [-0.3, -0.25) is 9.59 Å². The highest BCUT2D eigenvalue weighted by Gasteiger charge is 2.53. The molecule has 1 aliphatic heterocycles. The monoisotopic (exact) mass is 465 g/mol. The number of likely N-dealkylation sites (tertiary alicyclic amines) is 1. The third-order valence-electron chi connectivity index (χ3n) is 8.44. The average Bonchev–Trinajstić information content (AvgIpc) is 3.19. The van der Waals surface area contributed by atoms with Crippen molar-refractivity contribution < 1.29 is 14.7 Å². The summed E-state index contributed by atoms with van der Waals surface area (Å²) in [6, 6.07) is 15.2. The molecule has 1 N–H and O–H groups in total. The Bertz CT molecular complexity index is 1060. The van der Waals surface area contributed by atoms with Gasteiger partial charge in [0.1, 0.15) is 0 Å². The minimum Gasteiger partial charge on any atom is -0.481 e. The van der Waals surface area contributed by atoms with Crippen LogP contribution in [0.3, 0.4) is 0 Å². The maximum Gasteiger partial charge on any atom is 0.306 e. The van der Waals surface area contributed by atoms with Crippen molar-refractivity contribution in [3.8, 4) is 0 Å². The van der Waals surface area contributed by atoms with Crippen molar-refractivity contribution in [2.75, 3.05) is 6.54 Å². The van der Waals surface area contributed by atoms with Crippen LogP contribution in [0.1, 0.15) is 60.8 Å². The second-order valence-corrected chi connectivity index (χ2v) is 10.8. The number of carbonyl (C=O) groups is 2. The van der Waals surface area contributed by atoms with Crippen molar-refractivity contribution in [1.82, 2.24) is 4.90 Å². The first-order chi connectivity index (χ1) is 15.9. The third-order valence-corrected chi connectivity index (χ3v) is 8.69. The maximum atomic E-state index is 13.7. The van der Waals surface area contributed by atoms with E-state index in [2.05, 4.69) is 42.2 Å². The summed E-state index contributed by atoms with van der Waals surface area (Å²) in [4.78, 5) is 27.2. The van der Waals surface area contributed by atoms with Gasteiger partial charge >= 0.3 is 5.97 Å². The topological polar surface area (TPSA) is 57.6 Å². The largest absolute Gasteiger partial charge is 0.481 e. The van der Waals surface area contributed by atoms with E-state index in [1.54, 1.807) is 0 Å². The van der Waals surface area contributed by atoms with E-state index < -0.39 is 5.97 Å². The molecule has 33 heavy (non-hydrogen) atoms. The number of fused-ring (bicyclic) bond motifs is 3. The van der Waals surface area contributed by atoms with Gasteiger partial charge in [-0.05, 0) is 87.1 Å². The summed E-state index contributed by atoms with van der Waals surface area (Å²) in [6.45, 7) is 2.93. The Balaban J connectivity index is 1.45. The fourth-order valence-electron chi connectivity index (χ4n) is 6.75. The highest BCUT2D eigenvalue weighted by molar-refractivity contribution is 6.30. The lowest BCUT2D eigenvalue weighted by molar-refractivity contribution is -0.146. The van der Waals surface area contributed by atoms with E-state index in [1.807, 2.05) is 12.1 Å². The molecule has 0 aromatic heterocycles. The summed E-state index contributed by atoms with van der Waals surface area (Å²) >= 11 is 6.15. The number of halogens is 1. The first kappa shape index (κ1) is 22.5. The van der Waals surface area contributed by atoms with Gasteiger partial charge in [0.25, 0.3) is 0 Å². The van der Waals surface area contributed by atoms with Crippen LogP contribution in [-0.4, -0.2) is 34.5 Å². The molecule has 1 heterocycles. The summed E-state index contributed by atoms with van der Waals surface area (Å²) in [5, 5.41) is 10.1. The molecule has 5 heteroatoms. The van der Waals surface area contributed by atoms with Crippen LogP contribution in [0, 0.1) is 18.8 Å². The SMILES string of the molecule is Cc1ccc2c(c1)CCC1N(C(=O)[C@H]3CC[C@H](C(=O)O)CC3)CCC21Cc1ccc(Cl)cc1. The van der Waals surface area contributed by atoms with Crippen LogP contribution >= 0.6 is 11.6 Å². The van der Waals surface area contributed by atoms with Gasteiger partial charge in [0.2, 0.25) is 5.91 Å². The van der Waals surface area contributed by atoms with Gasteiger partial charge in [-0.15, -0.1) is 0 Å². The molecule has 1 amide bonds. The van der Waals surface area contributed by atoms with E-state index in [0.29, 0.717) is 25.7 Å². The van der Waals surface area contributed by atoms with Gasteiger partial charge in [-0.1, -0.05) is 47.5 Å². The molecular formula is C28H32ClNO3. The van der Waals surface area contributed by atoms with E-state index >= 15 is 0 Å². The predicted octanol–water partition coefficient (Wildman–Crippen LogP) is 5.57. The zero-order valence-corrected chi connectivity index (χ0v) is 20.0. The molecule has 2 fully saturated rings. The zero-order valence-electron chi connectivity index (χ0n) is 19.2. The molecule has 2 aliphatic carbocycles. The standard InChI is InChI=1S/C28H32ClNO3/c1-18-2-12-24-22(16-18)9-13-25-28(24,17-19-3-10-23(29)11-4-19)14-15-30(25)26(31)20-5-7-21(8-6-20)27(32)33/h2-4,10-12,16,20-21,25H,5-9,13-15,17H2,1H3,(H,32,33)/t20-,21-,25?,28?. The maximum absolute atomic E-state index is 13.7. The zero-order chi connectivity index (χ0) is 23.2. The van der Waals surface area contributed by atoms with Crippen LogP contribution in [0.2, 0.25) is 5.02 Å².